The smallest absolute Gasteiger partial charge is 0.387 e. The molecular weight excluding hydrogens is 392 g/mol. The Morgan fingerprint density at radius 3 is 2.57 bits per heavy atom. The number of amides is 1. The van der Waals surface area contributed by atoms with Gasteiger partial charge < -0.3 is 19.9 Å². The number of benzene rings is 1. The molecule has 0 unspecified atom stereocenters. The lowest BCUT2D eigenvalue weighted by Gasteiger charge is -2.45. The fourth-order valence-corrected chi connectivity index (χ4v) is 3.77. The van der Waals surface area contributed by atoms with Crippen LogP contribution in [0, 0.1) is 5.21 Å². The number of aromatic nitrogens is 1. The number of hydrogen-bond donors (Lipinski definition) is 1. The van der Waals surface area contributed by atoms with Crippen molar-refractivity contribution in [2.45, 2.75) is 44.4 Å². The molecular formula is C19H22ClF2N3O3. The number of alkyl halides is 2. The van der Waals surface area contributed by atoms with E-state index in [4.69, 9.17) is 11.6 Å². The summed E-state index contributed by atoms with van der Waals surface area (Å²) in [5.74, 6) is -0.428. The summed E-state index contributed by atoms with van der Waals surface area (Å²) in [6, 6.07) is 4.44. The van der Waals surface area contributed by atoms with Gasteiger partial charge in [-0.2, -0.15) is 8.78 Å². The van der Waals surface area contributed by atoms with Crippen LogP contribution in [0.4, 0.5) is 8.78 Å². The van der Waals surface area contributed by atoms with Gasteiger partial charge in [-0.3, -0.25) is 9.78 Å². The first-order chi connectivity index (χ1) is 13.1. The SMILES string of the molecule is C[N+](C)([O-])[C@H]1CC[C@H](NC(=O)c2cnc3cc(OC(F)F)c(Cl)cc3c2)CC1. The Hall–Kier alpha value is -2.03. The van der Waals surface area contributed by atoms with Crippen molar-refractivity contribution in [3.63, 3.8) is 0 Å². The summed E-state index contributed by atoms with van der Waals surface area (Å²) in [4.78, 5) is 16.7. The standard InChI is InChI=1S/C19H22ClF2N3O3/c1-25(2,27)14-5-3-13(4-6-14)24-18(26)12-7-11-8-15(20)17(28-19(21)22)9-16(11)23-10-12/h7-10,13-14,19H,3-6H2,1-2H3,(H,24,26)/t13-,14-. The molecule has 1 N–H and O–H groups in total. The molecule has 1 aliphatic carbocycles. The van der Waals surface area contributed by atoms with Gasteiger partial charge in [0.05, 0.1) is 36.2 Å². The lowest BCUT2D eigenvalue weighted by molar-refractivity contribution is -0.868. The molecule has 9 heteroatoms. The first kappa shape index (κ1) is 20.7. The van der Waals surface area contributed by atoms with Gasteiger partial charge in [-0.25, -0.2) is 0 Å². The molecule has 1 amide bonds. The maximum absolute atomic E-state index is 12.6. The Kier molecular flexibility index (Phi) is 6.02. The third-order valence-electron chi connectivity index (χ3n) is 5.12. The van der Waals surface area contributed by atoms with Crippen molar-refractivity contribution in [1.29, 1.82) is 0 Å². The molecule has 0 atom stereocenters. The lowest BCUT2D eigenvalue weighted by atomic mass is 9.90. The number of fused-ring (bicyclic) bond motifs is 1. The highest BCUT2D eigenvalue weighted by Gasteiger charge is 2.28. The maximum Gasteiger partial charge on any atom is 0.387 e. The van der Waals surface area contributed by atoms with Gasteiger partial charge in [0.25, 0.3) is 5.91 Å². The van der Waals surface area contributed by atoms with Gasteiger partial charge in [-0.15, -0.1) is 0 Å². The average molecular weight is 414 g/mol. The van der Waals surface area contributed by atoms with Crippen molar-refractivity contribution < 1.29 is 23.0 Å². The fraction of sp³-hybridized carbons (Fsp3) is 0.474. The van der Waals surface area contributed by atoms with Crippen molar-refractivity contribution in [3.8, 4) is 5.75 Å². The summed E-state index contributed by atoms with van der Waals surface area (Å²) in [5, 5.41) is 15.6. The van der Waals surface area contributed by atoms with Crippen molar-refractivity contribution in [2.24, 2.45) is 0 Å². The Bertz CT molecular complexity index is 865. The molecule has 1 fully saturated rings. The number of quaternary nitrogens is 1. The number of hydroxylamine groups is 3. The molecule has 0 spiro atoms. The number of hydrogen-bond acceptors (Lipinski definition) is 4. The zero-order valence-corrected chi connectivity index (χ0v) is 16.4. The average Bonchev–Trinajstić information content (AvgIpc) is 2.61. The predicted octanol–water partition coefficient (Wildman–Crippen LogP) is 4.10. The molecule has 6 nitrogen and oxygen atoms in total. The molecule has 0 aliphatic heterocycles. The molecule has 3 rings (SSSR count). The largest absolute Gasteiger partial charge is 0.633 e. The van der Waals surface area contributed by atoms with Gasteiger partial charge in [0.1, 0.15) is 5.75 Å². The number of halogens is 3. The molecule has 1 heterocycles. The van der Waals surface area contributed by atoms with Gasteiger partial charge >= 0.3 is 6.61 Å². The highest BCUT2D eigenvalue weighted by Crippen LogP contribution is 2.31. The quantitative estimate of drug-likeness (QED) is 0.591. The normalized spacial score (nSPS) is 20.4. The van der Waals surface area contributed by atoms with E-state index < -0.39 is 6.61 Å². The monoisotopic (exact) mass is 413 g/mol. The molecule has 0 bridgehead atoms. The second-order valence-corrected chi connectivity index (χ2v) is 7.90. The van der Waals surface area contributed by atoms with Crippen molar-refractivity contribution in [2.75, 3.05) is 14.1 Å². The molecule has 1 aromatic heterocycles. The van der Waals surface area contributed by atoms with Crippen LogP contribution in [0.2, 0.25) is 5.02 Å². The third-order valence-corrected chi connectivity index (χ3v) is 5.42. The highest BCUT2D eigenvalue weighted by atomic mass is 35.5. The molecule has 1 aliphatic rings. The van der Waals surface area contributed by atoms with E-state index in [0.717, 1.165) is 25.7 Å². The van der Waals surface area contributed by atoms with E-state index >= 15 is 0 Å². The van der Waals surface area contributed by atoms with Crippen molar-refractivity contribution in [1.82, 2.24) is 10.3 Å². The summed E-state index contributed by atoms with van der Waals surface area (Å²) in [7, 11) is 3.29. The number of pyridine rings is 1. The van der Waals surface area contributed by atoms with Crippen LogP contribution < -0.4 is 10.1 Å². The van der Waals surface area contributed by atoms with Crippen molar-refractivity contribution in [3.05, 3.63) is 40.2 Å². The maximum atomic E-state index is 12.6. The zero-order valence-electron chi connectivity index (χ0n) is 15.6. The Morgan fingerprint density at radius 2 is 1.96 bits per heavy atom. The van der Waals surface area contributed by atoms with E-state index in [-0.39, 0.29) is 33.4 Å². The van der Waals surface area contributed by atoms with Crippen LogP contribution in [0.5, 0.6) is 5.75 Å². The number of rotatable bonds is 5. The van der Waals surface area contributed by atoms with Crippen LogP contribution in [0.3, 0.4) is 0 Å². The van der Waals surface area contributed by atoms with E-state index in [1.807, 2.05) is 0 Å². The number of carbonyl (C=O) groups is 1. The molecule has 152 valence electrons. The molecule has 1 saturated carbocycles. The van der Waals surface area contributed by atoms with Gasteiger partial charge in [0.15, 0.2) is 0 Å². The summed E-state index contributed by atoms with van der Waals surface area (Å²) in [6.45, 7) is -2.99. The summed E-state index contributed by atoms with van der Waals surface area (Å²) in [6.07, 6.45) is 4.42. The summed E-state index contributed by atoms with van der Waals surface area (Å²) in [5.41, 5.74) is 0.751. The zero-order chi connectivity index (χ0) is 20.5. The van der Waals surface area contributed by atoms with Gasteiger partial charge in [0.2, 0.25) is 0 Å². The van der Waals surface area contributed by atoms with Crippen LogP contribution in [-0.4, -0.2) is 48.3 Å². The van der Waals surface area contributed by atoms with Gasteiger partial charge in [-0.05, 0) is 25.0 Å². The minimum Gasteiger partial charge on any atom is -0.633 e. The molecule has 0 saturated heterocycles. The number of nitrogens with zero attached hydrogens (tertiary/aromatic N) is 2. The molecule has 2 aromatic rings. The lowest BCUT2D eigenvalue weighted by Crippen LogP contribution is -2.48. The number of ether oxygens (including phenoxy) is 1. The topological polar surface area (TPSA) is 74.3 Å². The van der Waals surface area contributed by atoms with E-state index in [0.29, 0.717) is 16.5 Å². The first-order valence-electron chi connectivity index (χ1n) is 9.03. The minimum atomic E-state index is -2.99. The van der Waals surface area contributed by atoms with Crippen molar-refractivity contribution >= 4 is 28.4 Å². The molecule has 28 heavy (non-hydrogen) atoms. The Morgan fingerprint density at radius 1 is 1.29 bits per heavy atom. The fourth-order valence-electron chi connectivity index (χ4n) is 3.55. The number of nitrogens with one attached hydrogen (secondary N) is 1. The van der Waals surface area contributed by atoms with E-state index in [1.165, 1.54) is 18.3 Å². The van der Waals surface area contributed by atoms with Crippen LogP contribution >= 0.6 is 11.6 Å². The van der Waals surface area contributed by atoms with E-state index in [2.05, 4.69) is 15.0 Å². The number of carbonyl (C=O) groups excluding carboxylic acids is 1. The Balaban J connectivity index is 1.69. The van der Waals surface area contributed by atoms with Gasteiger partial charge in [-0.1, -0.05) is 11.6 Å². The second kappa shape index (κ2) is 8.14. The van der Waals surface area contributed by atoms with Crippen LogP contribution in [-0.2, 0) is 0 Å². The predicted molar refractivity (Wildman–Crippen MR) is 102 cm³/mol. The molecule has 0 radical (unpaired) electrons. The second-order valence-electron chi connectivity index (χ2n) is 7.49. The third kappa shape index (κ3) is 4.87. The van der Waals surface area contributed by atoms with Crippen LogP contribution in [0.1, 0.15) is 36.0 Å². The summed E-state index contributed by atoms with van der Waals surface area (Å²) < 4.78 is 28.9. The molecule has 1 aromatic carbocycles. The van der Waals surface area contributed by atoms with E-state index in [9.17, 15) is 18.8 Å². The van der Waals surface area contributed by atoms with Gasteiger partial charge in [0, 0.05) is 36.5 Å². The minimum absolute atomic E-state index is 0.0106. The summed E-state index contributed by atoms with van der Waals surface area (Å²) >= 11 is 5.97. The van der Waals surface area contributed by atoms with Crippen LogP contribution in [0.25, 0.3) is 10.9 Å². The van der Waals surface area contributed by atoms with Crippen LogP contribution in [0.15, 0.2) is 24.4 Å². The highest BCUT2D eigenvalue weighted by molar-refractivity contribution is 6.32. The first-order valence-corrected chi connectivity index (χ1v) is 9.41. The Labute approximate surface area is 166 Å². The van der Waals surface area contributed by atoms with E-state index in [1.54, 1.807) is 20.2 Å².